The molecular weight excluding hydrogens is 277 g/mol. The smallest absolute Gasteiger partial charge is 0.397 e. The van der Waals surface area contributed by atoms with Gasteiger partial charge in [-0.05, 0) is 30.3 Å². The minimum Gasteiger partial charge on any atom is -0.397 e. The van der Waals surface area contributed by atoms with Crippen LogP contribution in [0, 0.1) is 0 Å². The molecule has 0 aliphatic carbocycles. The number of nitrogen functional groups attached to an aromatic ring is 1. The molecule has 0 amide bonds. The fourth-order valence-electron chi connectivity index (χ4n) is 1.59. The van der Waals surface area contributed by atoms with Crippen LogP contribution in [0.2, 0.25) is 5.02 Å². The fourth-order valence-corrected chi connectivity index (χ4v) is 1.82. The Morgan fingerprint density at radius 1 is 1.05 bits per heavy atom. The van der Waals surface area contributed by atoms with E-state index in [1.807, 2.05) is 0 Å². The topological polar surface area (TPSA) is 38.0 Å². The maximum atomic E-state index is 12.6. The Morgan fingerprint density at radius 3 is 2.37 bits per heavy atom. The van der Waals surface area contributed by atoms with Crippen molar-refractivity contribution in [3.05, 3.63) is 53.1 Å². The predicted molar refractivity (Wildman–Crippen MR) is 70.6 cm³/mol. The zero-order chi connectivity index (χ0) is 14.0. The number of hydrogen-bond acceptors (Lipinski definition) is 2. The van der Waals surface area contributed by atoms with Crippen LogP contribution in [0.3, 0.4) is 0 Å². The van der Waals surface area contributed by atoms with Gasteiger partial charge in [-0.25, -0.2) is 0 Å². The van der Waals surface area contributed by atoms with E-state index in [4.69, 9.17) is 17.3 Å². The second-order valence-electron chi connectivity index (χ2n) is 3.91. The molecule has 100 valence electrons. The van der Waals surface area contributed by atoms with E-state index in [1.165, 1.54) is 12.1 Å². The van der Waals surface area contributed by atoms with Gasteiger partial charge < -0.3 is 11.1 Å². The fraction of sp³-hybridized carbons (Fsp3) is 0.0769. The minimum atomic E-state index is -4.39. The predicted octanol–water partition coefficient (Wildman–Crippen LogP) is 4.68. The average Bonchev–Trinajstić information content (AvgIpc) is 2.33. The Bertz CT molecular complexity index is 576. The number of hydrogen-bond donors (Lipinski definition) is 2. The summed E-state index contributed by atoms with van der Waals surface area (Å²) < 4.78 is 37.8. The molecule has 0 aliphatic rings. The highest BCUT2D eigenvalue weighted by atomic mass is 35.5. The number of benzene rings is 2. The standard InChI is InChI=1S/C13H10ClF3N2/c14-10-5-2-6-11(18)12(10)19-9-4-1-3-8(7-9)13(15,16)17/h1-7,19H,18H2. The Hall–Kier alpha value is -1.88. The lowest BCUT2D eigenvalue weighted by Crippen LogP contribution is -2.05. The van der Waals surface area contributed by atoms with Crippen LogP contribution in [0.25, 0.3) is 0 Å². The van der Waals surface area contributed by atoms with E-state index in [0.717, 1.165) is 12.1 Å². The summed E-state index contributed by atoms with van der Waals surface area (Å²) in [5, 5.41) is 3.14. The number of halogens is 4. The van der Waals surface area contributed by atoms with Gasteiger partial charge in [-0.1, -0.05) is 23.7 Å². The lowest BCUT2D eigenvalue weighted by atomic mass is 10.2. The SMILES string of the molecule is Nc1cccc(Cl)c1Nc1cccc(C(F)(F)F)c1. The molecule has 0 heterocycles. The molecule has 0 unspecified atom stereocenters. The largest absolute Gasteiger partial charge is 0.416 e. The van der Waals surface area contributed by atoms with Gasteiger partial charge in [0.25, 0.3) is 0 Å². The first-order valence-corrected chi connectivity index (χ1v) is 5.74. The van der Waals surface area contributed by atoms with Gasteiger partial charge in [0, 0.05) is 5.69 Å². The van der Waals surface area contributed by atoms with E-state index in [9.17, 15) is 13.2 Å². The van der Waals surface area contributed by atoms with E-state index in [1.54, 1.807) is 18.2 Å². The summed E-state index contributed by atoms with van der Waals surface area (Å²) in [6, 6.07) is 9.71. The molecule has 0 spiro atoms. The van der Waals surface area contributed by atoms with E-state index < -0.39 is 11.7 Å². The van der Waals surface area contributed by atoms with Crippen LogP contribution in [0.4, 0.5) is 30.2 Å². The first kappa shape index (κ1) is 13.5. The zero-order valence-corrected chi connectivity index (χ0v) is 10.4. The molecule has 0 saturated carbocycles. The third kappa shape index (κ3) is 3.12. The van der Waals surface area contributed by atoms with Crippen molar-refractivity contribution in [2.75, 3.05) is 11.1 Å². The molecule has 2 rings (SSSR count). The summed E-state index contributed by atoms with van der Waals surface area (Å²) in [6.07, 6.45) is -4.39. The summed E-state index contributed by atoms with van der Waals surface area (Å²) in [6.45, 7) is 0. The molecule has 2 nitrogen and oxygen atoms in total. The summed E-state index contributed by atoms with van der Waals surface area (Å²) in [4.78, 5) is 0. The second kappa shape index (κ2) is 5.01. The van der Waals surface area contributed by atoms with Crippen molar-refractivity contribution in [2.24, 2.45) is 0 Å². The van der Waals surface area contributed by atoms with Crippen molar-refractivity contribution in [3.63, 3.8) is 0 Å². The molecule has 19 heavy (non-hydrogen) atoms. The third-order valence-corrected chi connectivity index (χ3v) is 2.82. The van der Waals surface area contributed by atoms with Crippen molar-refractivity contribution in [1.82, 2.24) is 0 Å². The van der Waals surface area contributed by atoms with Crippen molar-refractivity contribution >= 4 is 28.7 Å². The monoisotopic (exact) mass is 286 g/mol. The van der Waals surface area contributed by atoms with Crippen molar-refractivity contribution in [3.8, 4) is 0 Å². The first-order chi connectivity index (χ1) is 8.88. The summed E-state index contributed by atoms with van der Waals surface area (Å²) in [5.41, 5.74) is 6.02. The molecule has 0 fully saturated rings. The average molecular weight is 287 g/mol. The van der Waals surface area contributed by atoms with Gasteiger partial charge in [0.2, 0.25) is 0 Å². The normalized spacial score (nSPS) is 11.4. The van der Waals surface area contributed by atoms with Gasteiger partial charge in [0.05, 0.1) is 22.0 Å². The van der Waals surface area contributed by atoms with Crippen LogP contribution in [0.5, 0.6) is 0 Å². The molecule has 2 aromatic rings. The lowest BCUT2D eigenvalue weighted by molar-refractivity contribution is -0.137. The van der Waals surface area contributed by atoms with Crippen molar-refractivity contribution in [2.45, 2.75) is 6.18 Å². The van der Waals surface area contributed by atoms with E-state index >= 15 is 0 Å². The van der Waals surface area contributed by atoms with Crippen molar-refractivity contribution in [1.29, 1.82) is 0 Å². The Morgan fingerprint density at radius 2 is 1.74 bits per heavy atom. The van der Waals surface area contributed by atoms with E-state index in [-0.39, 0.29) is 5.69 Å². The van der Waals surface area contributed by atoms with Crippen LogP contribution in [-0.2, 0) is 6.18 Å². The lowest BCUT2D eigenvalue weighted by Gasteiger charge is -2.13. The van der Waals surface area contributed by atoms with Gasteiger partial charge >= 0.3 is 6.18 Å². The van der Waals surface area contributed by atoms with Gasteiger partial charge in [-0.15, -0.1) is 0 Å². The maximum absolute atomic E-state index is 12.6. The van der Waals surface area contributed by atoms with Crippen LogP contribution in [0.15, 0.2) is 42.5 Å². The molecule has 2 aromatic carbocycles. The molecule has 0 saturated heterocycles. The summed E-state index contributed by atoms with van der Waals surface area (Å²) >= 11 is 5.94. The second-order valence-corrected chi connectivity index (χ2v) is 4.31. The van der Waals surface area contributed by atoms with Gasteiger partial charge in [0.1, 0.15) is 0 Å². The molecule has 0 atom stereocenters. The molecule has 0 aromatic heterocycles. The zero-order valence-electron chi connectivity index (χ0n) is 9.63. The minimum absolute atomic E-state index is 0.273. The molecule has 0 aliphatic heterocycles. The quantitative estimate of drug-likeness (QED) is 0.786. The third-order valence-electron chi connectivity index (χ3n) is 2.51. The van der Waals surface area contributed by atoms with Crippen molar-refractivity contribution < 1.29 is 13.2 Å². The highest BCUT2D eigenvalue weighted by Gasteiger charge is 2.30. The molecule has 6 heteroatoms. The summed E-state index contributed by atoms with van der Waals surface area (Å²) in [7, 11) is 0. The molecular formula is C13H10ClF3N2. The Balaban J connectivity index is 2.34. The Kier molecular flexibility index (Phi) is 3.57. The van der Waals surface area contributed by atoms with Crippen LogP contribution >= 0.6 is 11.6 Å². The number of alkyl halides is 3. The number of para-hydroxylation sites is 1. The molecule has 0 radical (unpaired) electrons. The van der Waals surface area contributed by atoms with Gasteiger partial charge in [-0.3, -0.25) is 0 Å². The Labute approximate surface area is 113 Å². The highest BCUT2D eigenvalue weighted by molar-refractivity contribution is 6.34. The molecule has 0 bridgehead atoms. The van der Waals surface area contributed by atoms with Gasteiger partial charge in [-0.2, -0.15) is 13.2 Å². The van der Waals surface area contributed by atoms with Crippen LogP contribution in [0.1, 0.15) is 5.56 Å². The maximum Gasteiger partial charge on any atom is 0.416 e. The first-order valence-electron chi connectivity index (χ1n) is 5.36. The number of anilines is 3. The number of nitrogens with one attached hydrogen (secondary N) is 1. The molecule has 3 N–H and O–H groups in total. The van der Waals surface area contributed by atoms with Gasteiger partial charge in [0.15, 0.2) is 0 Å². The van der Waals surface area contributed by atoms with E-state index in [2.05, 4.69) is 5.32 Å². The van der Waals surface area contributed by atoms with Crippen LogP contribution in [-0.4, -0.2) is 0 Å². The highest BCUT2D eigenvalue weighted by Crippen LogP contribution is 2.34. The summed E-state index contributed by atoms with van der Waals surface area (Å²) in [5.74, 6) is 0. The number of rotatable bonds is 2. The van der Waals surface area contributed by atoms with Crippen LogP contribution < -0.4 is 11.1 Å². The van der Waals surface area contributed by atoms with E-state index in [0.29, 0.717) is 16.4 Å². The number of nitrogens with two attached hydrogens (primary N) is 1.